The number of allylic oxidation sites excluding steroid dienone is 26. The van der Waals surface area contributed by atoms with Gasteiger partial charge in [-0.2, -0.15) is 0 Å². The molecule has 0 aromatic heterocycles. The van der Waals surface area contributed by atoms with Gasteiger partial charge in [0, 0.05) is 12.8 Å². The molecule has 0 amide bonds. The van der Waals surface area contributed by atoms with E-state index in [0.717, 1.165) is 128 Å². The summed E-state index contributed by atoms with van der Waals surface area (Å²) in [7, 11) is 5.92. The second-order valence-corrected chi connectivity index (χ2v) is 23.7. The molecule has 0 aromatic rings. The van der Waals surface area contributed by atoms with Crippen molar-refractivity contribution >= 4 is 17.9 Å². The molecule has 0 aliphatic carbocycles. The van der Waals surface area contributed by atoms with Gasteiger partial charge in [0.05, 0.1) is 40.3 Å². The zero-order valence-electron chi connectivity index (χ0n) is 56.1. The molecule has 2 unspecified atom stereocenters. The standard InChI is InChI=1S/C78H127NO8/c1-6-8-10-12-14-16-18-20-22-24-26-28-30-32-34-35-36-37-38-39-40-41-43-45-47-49-51-53-55-57-59-61-63-65-67-69-76(81)87-74(73-86-78(77(82)83)84-71-70-79(3,4)5)72-85-75(80)68-66-64-62-60-58-56-54-52-50-48-46-44-42-33-31-29-27-25-23-21-19-17-15-13-11-9-7-2/h8-11,14-17,20-23,26-29,32,34,36-37,39-40,43,45,49,51,74,78H,6-7,12-13,18-19,24-25,30-31,33,35,38,41-42,44,46-48,50,52-73H2,1-5H3/b10-8-,11-9-,16-14-,17-15-,22-20-,23-21-,28-26-,29-27-,34-32-,37-36-,40-39-,45-43-,51-49-. The van der Waals surface area contributed by atoms with Gasteiger partial charge < -0.3 is 33.3 Å². The molecule has 0 N–H and O–H groups in total. The Bertz CT molecular complexity index is 1990. The van der Waals surface area contributed by atoms with Gasteiger partial charge >= 0.3 is 11.9 Å². The fraction of sp³-hybridized carbons (Fsp3) is 0.628. The maximum Gasteiger partial charge on any atom is 0.306 e. The van der Waals surface area contributed by atoms with Crippen molar-refractivity contribution in [2.45, 2.75) is 270 Å². The van der Waals surface area contributed by atoms with Crippen molar-refractivity contribution in [3.8, 4) is 0 Å². The number of unbranched alkanes of at least 4 members (excludes halogenated alkanes) is 21. The highest BCUT2D eigenvalue weighted by Crippen LogP contribution is 2.16. The molecule has 0 bridgehead atoms. The van der Waals surface area contributed by atoms with Gasteiger partial charge in [-0.05, 0) is 122 Å². The normalized spacial score (nSPS) is 13.7. The number of hydrogen-bond acceptors (Lipinski definition) is 8. The van der Waals surface area contributed by atoms with Crippen LogP contribution in [0.4, 0.5) is 0 Å². The summed E-state index contributed by atoms with van der Waals surface area (Å²) in [5.74, 6) is -2.31. The first-order valence-electron chi connectivity index (χ1n) is 34.6. The molecule has 0 saturated heterocycles. The molecular formula is C78H127NO8. The minimum Gasteiger partial charge on any atom is -0.545 e. The van der Waals surface area contributed by atoms with Crippen LogP contribution in [0.25, 0.3) is 0 Å². The zero-order chi connectivity index (χ0) is 63.3. The van der Waals surface area contributed by atoms with E-state index in [1.807, 2.05) is 21.1 Å². The number of esters is 2. The Balaban J connectivity index is 4.21. The molecule has 0 aliphatic heterocycles. The number of ether oxygens (including phenoxy) is 4. The maximum absolute atomic E-state index is 12.9. The van der Waals surface area contributed by atoms with Crippen molar-refractivity contribution in [2.24, 2.45) is 0 Å². The summed E-state index contributed by atoms with van der Waals surface area (Å²) in [5, 5.41) is 11.8. The van der Waals surface area contributed by atoms with E-state index in [2.05, 4.69) is 172 Å². The van der Waals surface area contributed by atoms with Gasteiger partial charge in [0.2, 0.25) is 0 Å². The first kappa shape index (κ1) is 81.9. The molecule has 2 atom stereocenters. The van der Waals surface area contributed by atoms with E-state index in [0.29, 0.717) is 17.4 Å². The summed E-state index contributed by atoms with van der Waals surface area (Å²) in [5.41, 5.74) is 0. The number of likely N-dealkylation sites (N-methyl/N-ethyl adjacent to an activating group) is 1. The smallest absolute Gasteiger partial charge is 0.306 e. The molecule has 0 aliphatic rings. The molecule has 0 radical (unpaired) electrons. The largest absolute Gasteiger partial charge is 0.545 e. The Labute approximate surface area is 534 Å². The zero-order valence-corrected chi connectivity index (χ0v) is 56.1. The van der Waals surface area contributed by atoms with E-state index in [4.69, 9.17) is 18.9 Å². The van der Waals surface area contributed by atoms with Crippen molar-refractivity contribution in [1.82, 2.24) is 0 Å². The summed E-state index contributed by atoms with van der Waals surface area (Å²) in [6, 6.07) is 0. The van der Waals surface area contributed by atoms with Crippen LogP contribution in [0, 0.1) is 0 Å². The van der Waals surface area contributed by atoms with Crippen LogP contribution in [0.2, 0.25) is 0 Å². The van der Waals surface area contributed by atoms with Crippen LogP contribution in [-0.4, -0.2) is 82.3 Å². The van der Waals surface area contributed by atoms with Crippen LogP contribution in [0.5, 0.6) is 0 Å². The fourth-order valence-corrected chi connectivity index (χ4v) is 9.05. The van der Waals surface area contributed by atoms with Crippen LogP contribution in [0.1, 0.15) is 258 Å². The van der Waals surface area contributed by atoms with Crippen LogP contribution < -0.4 is 5.11 Å². The Morgan fingerprint density at radius 3 is 0.920 bits per heavy atom. The molecular weight excluding hydrogens is 1080 g/mol. The SMILES string of the molecule is CC/C=C\C/C=C\C/C=C\C/C=C\C/C=C\C/C=C\C/C=C\C/C=C\C/C=C\CCCCCCCCCC(=O)OC(COC(=O)CCCCCCCCCCCCCCCC/C=C\C/C=C\C/C=C\C/C=C\CC)COC(OCC[N+](C)(C)C)C(=O)[O-]. The van der Waals surface area contributed by atoms with Gasteiger partial charge in [0.25, 0.3) is 0 Å². The van der Waals surface area contributed by atoms with E-state index >= 15 is 0 Å². The number of nitrogens with zero attached hydrogens (tertiary/aromatic N) is 1. The van der Waals surface area contributed by atoms with Crippen molar-refractivity contribution in [1.29, 1.82) is 0 Å². The van der Waals surface area contributed by atoms with Crippen molar-refractivity contribution in [3.63, 3.8) is 0 Å². The highest BCUT2D eigenvalue weighted by Gasteiger charge is 2.22. The molecule has 0 fully saturated rings. The highest BCUT2D eigenvalue weighted by atomic mass is 16.7. The molecule has 9 heteroatoms. The quantitative estimate of drug-likeness (QED) is 0.0195. The monoisotopic (exact) mass is 1210 g/mol. The molecule has 0 heterocycles. The lowest BCUT2D eigenvalue weighted by Crippen LogP contribution is -2.44. The van der Waals surface area contributed by atoms with E-state index in [-0.39, 0.29) is 38.6 Å². The summed E-state index contributed by atoms with van der Waals surface area (Å²) in [4.78, 5) is 37.5. The van der Waals surface area contributed by atoms with Crippen molar-refractivity contribution in [3.05, 3.63) is 158 Å². The summed E-state index contributed by atoms with van der Waals surface area (Å²) < 4.78 is 22.8. The Morgan fingerprint density at radius 2 is 0.621 bits per heavy atom. The average molecular weight is 1210 g/mol. The number of aliphatic carboxylic acids is 1. The molecule has 0 aromatic carbocycles. The number of quaternary nitrogens is 1. The van der Waals surface area contributed by atoms with E-state index in [1.54, 1.807) is 0 Å². The number of carboxylic acids is 1. The van der Waals surface area contributed by atoms with E-state index < -0.39 is 24.3 Å². The van der Waals surface area contributed by atoms with Gasteiger partial charge in [0.15, 0.2) is 12.4 Å². The number of carbonyl (C=O) groups is 3. The maximum atomic E-state index is 12.9. The molecule has 87 heavy (non-hydrogen) atoms. The van der Waals surface area contributed by atoms with Crippen LogP contribution in [0.3, 0.4) is 0 Å². The molecule has 9 nitrogen and oxygen atoms in total. The molecule has 0 rings (SSSR count). The van der Waals surface area contributed by atoms with Gasteiger partial charge in [-0.25, -0.2) is 0 Å². The predicted octanol–water partition coefficient (Wildman–Crippen LogP) is 20.4. The lowest BCUT2D eigenvalue weighted by molar-refractivity contribution is -0.870. The van der Waals surface area contributed by atoms with Gasteiger partial charge in [-0.15, -0.1) is 0 Å². The third-order valence-electron chi connectivity index (χ3n) is 14.3. The van der Waals surface area contributed by atoms with Crippen LogP contribution in [-0.2, 0) is 33.3 Å². The van der Waals surface area contributed by atoms with Gasteiger partial charge in [0.1, 0.15) is 13.2 Å². The number of carboxylic acid groups (broad SMARTS) is 1. The Hall–Kier alpha value is -5.09. The first-order chi connectivity index (χ1) is 42.6. The summed E-state index contributed by atoms with van der Waals surface area (Å²) in [6.07, 6.45) is 96.0. The van der Waals surface area contributed by atoms with E-state index in [9.17, 15) is 19.5 Å². The lowest BCUT2D eigenvalue weighted by atomic mass is 10.0. The van der Waals surface area contributed by atoms with Crippen LogP contribution >= 0.6 is 0 Å². The molecule has 492 valence electrons. The topological polar surface area (TPSA) is 111 Å². The number of rotatable bonds is 62. The second-order valence-electron chi connectivity index (χ2n) is 23.7. The van der Waals surface area contributed by atoms with Crippen LogP contribution in [0.15, 0.2) is 158 Å². The van der Waals surface area contributed by atoms with Gasteiger partial charge in [-0.1, -0.05) is 281 Å². The second kappa shape index (κ2) is 66.9. The van der Waals surface area contributed by atoms with Crippen molar-refractivity contribution in [2.75, 3.05) is 47.5 Å². The lowest BCUT2D eigenvalue weighted by Gasteiger charge is -2.26. The Morgan fingerprint density at radius 1 is 0.345 bits per heavy atom. The third kappa shape index (κ3) is 68.3. The van der Waals surface area contributed by atoms with Crippen molar-refractivity contribution < 1.29 is 42.9 Å². The first-order valence-corrected chi connectivity index (χ1v) is 34.6. The third-order valence-corrected chi connectivity index (χ3v) is 14.3. The molecule has 0 saturated carbocycles. The highest BCUT2D eigenvalue weighted by molar-refractivity contribution is 5.70. The Kier molecular flexibility index (Phi) is 62.9. The average Bonchev–Trinajstić information content (AvgIpc) is 3.56. The minimum atomic E-state index is -1.64. The minimum absolute atomic E-state index is 0.137. The number of hydrogen-bond donors (Lipinski definition) is 0. The molecule has 0 spiro atoms. The summed E-state index contributed by atoms with van der Waals surface area (Å²) in [6.45, 7) is 4.50. The summed E-state index contributed by atoms with van der Waals surface area (Å²) >= 11 is 0. The fourth-order valence-electron chi connectivity index (χ4n) is 9.05. The predicted molar refractivity (Wildman–Crippen MR) is 370 cm³/mol. The van der Waals surface area contributed by atoms with E-state index in [1.165, 1.54) is 96.3 Å². The van der Waals surface area contributed by atoms with Gasteiger partial charge in [-0.3, -0.25) is 9.59 Å². The number of carbonyl (C=O) groups excluding carboxylic acids is 3.